The molecule has 0 radical (unpaired) electrons. The van der Waals surface area contributed by atoms with Crippen molar-refractivity contribution in [2.45, 2.75) is 20.4 Å². The molecule has 0 saturated heterocycles. The number of nitrogens with zero attached hydrogens (tertiary/aromatic N) is 3. The SMILES string of the molecule is CCN(CC)CCn1cnc2cc(/C=C/C(=O)NO)ccc21. The molecule has 118 valence electrons. The first-order valence-electron chi connectivity index (χ1n) is 7.47. The third kappa shape index (κ3) is 3.93. The lowest BCUT2D eigenvalue weighted by Crippen LogP contribution is -2.26. The highest BCUT2D eigenvalue weighted by molar-refractivity contribution is 5.91. The van der Waals surface area contributed by atoms with Gasteiger partial charge in [-0.15, -0.1) is 0 Å². The fourth-order valence-corrected chi connectivity index (χ4v) is 2.36. The van der Waals surface area contributed by atoms with Gasteiger partial charge in [-0.2, -0.15) is 0 Å². The number of amides is 1. The first-order valence-corrected chi connectivity index (χ1v) is 7.47. The highest BCUT2D eigenvalue weighted by atomic mass is 16.5. The van der Waals surface area contributed by atoms with E-state index in [9.17, 15) is 4.79 Å². The molecule has 0 fully saturated rings. The maximum Gasteiger partial charge on any atom is 0.267 e. The third-order valence-corrected chi connectivity index (χ3v) is 3.73. The second-order valence-corrected chi connectivity index (χ2v) is 5.02. The van der Waals surface area contributed by atoms with Crippen molar-refractivity contribution in [3.05, 3.63) is 36.2 Å². The van der Waals surface area contributed by atoms with Crippen LogP contribution in [0, 0.1) is 0 Å². The van der Waals surface area contributed by atoms with Gasteiger partial charge in [0.05, 0.1) is 17.4 Å². The Morgan fingerprint density at radius 2 is 2.18 bits per heavy atom. The lowest BCUT2D eigenvalue weighted by molar-refractivity contribution is -0.124. The summed E-state index contributed by atoms with van der Waals surface area (Å²) in [6, 6.07) is 5.85. The van der Waals surface area contributed by atoms with E-state index in [1.165, 1.54) is 6.08 Å². The number of hydroxylamine groups is 1. The molecule has 22 heavy (non-hydrogen) atoms. The Morgan fingerprint density at radius 1 is 1.41 bits per heavy atom. The average molecular weight is 302 g/mol. The molecule has 0 aliphatic carbocycles. The zero-order valence-electron chi connectivity index (χ0n) is 13.0. The molecule has 1 aromatic heterocycles. The van der Waals surface area contributed by atoms with Crippen molar-refractivity contribution in [3.8, 4) is 0 Å². The zero-order valence-corrected chi connectivity index (χ0v) is 13.0. The number of aromatic nitrogens is 2. The number of likely N-dealkylation sites (N-methyl/N-ethyl adjacent to an activating group) is 1. The number of carbonyl (C=O) groups excluding carboxylic acids is 1. The topological polar surface area (TPSA) is 70.4 Å². The predicted octanol–water partition coefficient (Wildman–Crippen LogP) is 1.90. The number of hydrogen-bond acceptors (Lipinski definition) is 4. The Morgan fingerprint density at radius 3 is 2.86 bits per heavy atom. The second kappa shape index (κ2) is 7.72. The Bertz CT molecular complexity index is 659. The van der Waals surface area contributed by atoms with Crippen LogP contribution in [0.5, 0.6) is 0 Å². The molecule has 0 spiro atoms. The summed E-state index contributed by atoms with van der Waals surface area (Å²) in [6.45, 7) is 8.32. The molecule has 1 heterocycles. The van der Waals surface area contributed by atoms with Crippen molar-refractivity contribution in [2.24, 2.45) is 0 Å². The quantitative estimate of drug-likeness (QED) is 0.465. The number of rotatable bonds is 7. The lowest BCUT2D eigenvalue weighted by Gasteiger charge is -2.18. The molecule has 2 rings (SSSR count). The maximum atomic E-state index is 11.0. The smallest absolute Gasteiger partial charge is 0.267 e. The van der Waals surface area contributed by atoms with Crippen LogP contribution in [0.25, 0.3) is 17.1 Å². The van der Waals surface area contributed by atoms with Crippen LogP contribution in [0.1, 0.15) is 19.4 Å². The molecule has 6 nitrogen and oxygen atoms in total. The van der Waals surface area contributed by atoms with Crippen LogP contribution >= 0.6 is 0 Å². The first-order chi connectivity index (χ1) is 10.7. The average Bonchev–Trinajstić information content (AvgIpc) is 2.96. The number of carbonyl (C=O) groups is 1. The second-order valence-electron chi connectivity index (χ2n) is 5.02. The molecule has 2 aromatic rings. The molecule has 0 aliphatic rings. The summed E-state index contributed by atoms with van der Waals surface area (Å²) in [7, 11) is 0. The normalized spacial score (nSPS) is 11.6. The van der Waals surface area contributed by atoms with E-state index in [0.717, 1.165) is 42.8 Å². The molecular weight excluding hydrogens is 280 g/mol. The van der Waals surface area contributed by atoms with Gasteiger partial charge in [0.2, 0.25) is 0 Å². The van der Waals surface area contributed by atoms with Gasteiger partial charge in [0, 0.05) is 19.2 Å². The van der Waals surface area contributed by atoms with Crippen molar-refractivity contribution < 1.29 is 10.0 Å². The van der Waals surface area contributed by atoms with Crippen LogP contribution in [-0.4, -0.2) is 45.2 Å². The molecule has 0 bridgehead atoms. The van der Waals surface area contributed by atoms with Gasteiger partial charge in [0.25, 0.3) is 5.91 Å². The third-order valence-electron chi connectivity index (χ3n) is 3.73. The van der Waals surface area contributed by atoms with Crippen molar-refractivity contribution in [2.75, 3.05) is 19.6 Å². The van der Waals surface area contributed by atoms with Gasteiger partial charge in [-0.05, 0) is 36.9 Å². The molecule has 6 heteroatoms. The molecular formula is C16H22N4O2. The van der Waals surface area contributed by atoms with Crippen LogP contribution in [0.3, 0.4) is 0 Å². The van der Waals surface area contributed by atoms with E-state index in [-0.39, 0.29) is 0 Å². The highest BCUT2D eigenvalue weighted by Crippen LogP contribution is 2.16. The van der Waals surface area contributed by atoms with E-state index in [4.69, 9.17) is 5.21 Å². The molecule has 0 unspecified atom stereocenters. The summed E-state index contributed by atoms with van der Waals surface area (Å²) in [4.78, 5) is 17.8. The molecule has 0 atom stereocenters. The van der Waals surface area contributed by atoms with Gasteiger partial charge in [-0.3, -0.25) is 10.0 Å². The largest absolute Gasteiger partial charge is 0.329 e. The van der Waals surface area contributed by atoms with Crippen LogP contribution in [0.4, 0.5) is 0 Å². The van der Waals surface area contributed by atoms with Crippen LogP contribution < -0.4 is 5.48 Å². The summed E-state index contributed by atoms with van der Waals surface area (Å²) in [5.74, 6) is -0.551. The molecule has 0 saturated carbocycles. The number of hydrogen-bond donors (Lipinski definition) is 2. The molecule has 1 aromatic carbocycles. The van der Waals surface area contributed by atoms with E-state index >= 15 is 0 Å². The predicted molar refractivity (Wildman–Crippen MR) is 86.5 cm³/mol. The number of imidazole rings is 1. The van der Waals surface area contributed by atoms with E-state index in [1.807, 2.05) is 24.5 Å². The summed E-state index contributed by atoms with van der Waals surface area (Å²) < 4.78 is 2.14. The van der Waals surface area contributed by atoms with Gasteiger partial charge < -0.3 is 9.47 Å². The minimum Gasteiger partial charge on any atom is -0.329 e. The fraction of sp³-hybridized carbons (Fsp3) is 0.375. The van der Waals surface area contributed by atoms with Gasteiger partial charge in [-0.1, -0.05) is 19.9 Å². The van der Waals surface area contributed by atoms with Crippen molar-refractivity contribution in [1.29, 1.82) is 0 Å². The zero-order chi connectivity index (χ0) is 15.9. The van der Waals surface area contributed by atoms with Crippen molar-refractivity contribution in [3.63, 3.8) is 0 Å². The summed E-state index contributed by atoms with van der Waals surface area (Å²) >= 11 is 0. The van der Waals surface area contributed by atoms with Crippen LogP contribution in [0.2, 0.25) is 0 Å². The Kier molecular flexibility index (Phi) is 5.68. The van der Waals surface area contributed by atoms with Gasteiger partial charge in [0.15, 0.2) is 0 Å². The van der Waals surface area contributed by atoms with Crippen molar-refractivity contribution >= 4 is 23.0 Å². The van der Waals surface area contributed by atoms with Crippen LogP contribution in [-0.2, 0) is 11.3 Å². The van der Waals surface area contributed by atoms with E-state index < -0.39 is 5.91 Å². The maximum absolute atomic E-state index is 11.0. The first kappa shape index (κ1) is 16.2. The molecule has 1 amide bonds. The Labute approximate surface area is 130 Å². The minimum atomic E-state index is -0.551. The number of benzene rings is 1. The standard InChI is InChI=1S/C16H22N4O2/c1-3-19(4-2)9-10-20-12-17-14-11-13(5-7-15(14)20)6-8-16(21)18-22/h5-8,11-12,22H,3-4,9-10H2,1-2H3,(H,18,21)/b8-6+. The minimum absolute atomic E-state index is 0.551. The van der Waals surface area contributed by atoms with Gasteiger partial charge in [-0.25, -0.2) is 10.5 Å². The summed E-state index contributed by atoms with van der Waals surface area (Å²) in [5.41, 5.74) is 4.40. The number of fused-ring (bicyclic) bond motifs is 1. The van der Waals surface area contributed by atoms with E-state index in [0.29, 0.717) is 0 Å². The molecule has 2 N–H and O–H groups in total. The number of nitrogens with one attached hydrogen (secondary N) is 1. The monoisotopic (exact) mass is 302 g/mol. The van der Waals surface area contributed by atoms with Gasteiger partial charge >= 0.3 is 0 Å². The van der Waals surface area contributed by atoms with Gasteiger partial charge in [0.1, 0.15) is 0 Å². The van der Waals surface area contributed by atoms with Crippen LogP contribution in [0.15, 0.2) is 30.6 Å². The Hall–Kier alpha value is -2.18. The highest BCUT2D eigenvalue weighted by Gasteiger charge is 2.05. The summed E-state index contributed by atoms with van der Waals surface area (Å²) in [5, 5.41) is 8.46. The van der Waals surface area contributed by atoms with Crippen molar-refractivity contribution in [1.82, 2.24) is 19.9 Å². The molecule has 0 aliphatic heterocycles. The lowest BCUT2D eigenvalue weighted by atomic mass is 10.2. The Balaban J connectivity index is 2.13. The van der Waals surface area contributed by atoms with E-state index in [2.05, 4.69) is 28.3 Å². The fourth-order valence-electron chi connectivity index (χ4n) is 2.36. The van der Waals surface area contributed by atoms with E-state index in [1.54, 1.807) is 11.6 Å². The summed E-state index contributed by atoms with van der Waals surface area (Å²) in [6.07, 6.45) is 4.76.